The average Bonchev–Trinajstić information content (AvgIpc) is 2.90. The molecule has 0 radical (unpaired) electrons. The number of aliphatic hydroxyl groups is 1. The van der Waals surface area contributed by atoms with Crippen LogP contribution in [0.1, 0.15) is 52.7 Å². The summed E-state index contributed by atoms with van der Waals surface area (Å²) in [6, 6.07) is 0. The summed E-state index contributed by atoms with van der Waals surface area (Å²) < 4.78 is 18.8. The van der Waals surface area contributed by atoms with E-state index in [-0.39, 0.29) is 30.5 Å². The number of hydrogen-bond acceptors (Lipinski definition) is 8. The predicted octanol–water partition coefficient (Wildman–Crippen LogP) is 1.72. The Balaban J connectivity index is 2.50. The Labute approximate surface area is 141 Å². The van der Waals surface area contributed by atoms with E-state index in [1.807, 2.05) is 27.7 Å². The number of ether oxygens (including phenoxy) is 2. The van der Waals surface area contributed by atoms with Gasteiger partial charge in [-0.3, -0.25) is 4.79 Å². The largest absolute Gasteiger partial charge is 0.473 e. The highest BCUT2D eigenvalue weighted by Gasteiger charge is 2.21. The SMILES string of the molecule is CCOC(=O)CC(C)c1nsnc1OCC(O)CNC(C)(C)C. The number of hydrogen-bond donors (Lipinski definition) is 2. The molecule has 1 rings (SSSR count). The van der Waals surface area contributed by atoms with Crippen LogP contribution in [-0.2, 0) is 9.53 Å². The molecule has 23 heavy (non-hydrogen) atoms. The van der Waals surface area contributed by atoms with E-state index < -0.39 is 6.10 Å². The maximum absolute atomic E-state index is 11.5. The molecule has 132 valence electrons. The number of carbonyl (C=O) groups is 1. The topological polar surface area (TPSA) is 93.6 Å². The van der Waals surface area contributed by atoms with E-state index >= 15 is 0 Å². The van der Waals surface area contributed by atoms with Gasteiger partial charge in [0.05, 0.1) is 24.8 Å². The van der Waals surface area contributed by atoms with Gasteiger partial charge in [0.1, 0.15) is 18.4 Å². The van der Waals surface area contributed by atoms with E-state index in [9.17, 15) is 9.90 Å². The van der Waals surface area contributed by atoms with Crippen LogP contribution in [0.5, 0.6) is 5.88 Å². The fourth-order valence-electron chi connectivity index (χ4n) is 1.81. The summed E-state index contributed by atoms with van der Waals surface area (Å²) in [5.74, 6) is -0.0392. The van der Waals surface area contributed by atoms with Gasteiger partial charge in [-0.1, -0.05) is 6.92 Å². The second kappa shape index (κ2) is 9.14. The number of aliphatic hydroxyl groups excluding tert-OH is 1. The molecule has 2 unspecified atom stereocenters. The van der Waals surface area contributed by atoms with E-state index in [1.54, 1.807) is 6.92 Å². The first kappa shape index (κ1) is 19.8. The van der Waals surface area contributed by atoms with Gasteiger partial charge in [-0.05, 0) is 27.7 Å². The van der Waals surface area contributed by atoms with Gasteiger partial charge in [-0.15, -0.1) is 4.37 Å². The van der Waals surface area contributed by atoms with E-state index in [1.165, 1.54) is 0 Å². The van der Waals surface area contributed by atoms with Gasteiger partial charge in [0, 0.05) is 18.0 Å². The third-order valence-corrected chi connectivity index (χ3v) is 3.53. The fourth-order valence-corrected chi connectivity index (χ4v) is 2.42. The molecule has 1 aromatic heterocycles. The molecule has 2 atom stereocenters. The lowest BCUT2D eigenvalue weighted by atomic mass is 10.0. The third-order valence-electron chi connectivity index (χ3n) is 3.01. The number of β-amino-alcohol motifs (C(OH)–C–C–N with tert-alkyl or cyclic N) is 1. The van der Waals surface area contributed by atoms with E-state index in [0.29, 0.717) is 24.7 Å². The minimum atomic E-state index is -0.649. The van der Waals surface area contributed by atoms with Crippen LogP contribution in [-0.4, -0.2) is 51.2 Å². The lowest BCUT2D eigenvalue weighted by Gasteiger charge is -2.22. The number of rotatable bonds is 9. The molecular weight excluding hydrogens is 318 g/mol. The molecule has 0 aliphatic carbocycles. The molecule has 2 N–H and O–H groups in total. The smallest absolute Gasteiger partial charge is 0.306 e. The van der Waals surface area contributed by atoms with Gasteiger partial charge in [-0.25, -0.2) is 0 Å². The first-order valence-electron chi connectivity index (χ1n) is 7.77. The average molecular weight is 345 g/mol. The predicted molar refractivity (Wildman–Crippen MR) is 88.8 cm³/mol. The van der Waals surface area contributed by atoms with Crippen LogP contribution in [0.4, 0.5) is 0 Å². The van der Waals surface area contributed by atoms with Crippen molar-refractivity contribution in [2.24, 2.45) is 0 Å². The van der Waals surface area contributed by atoms with Gasteiger partial charge in [-0.2, -0.15) is 4.37 Å². The van der Waals surface area contributed by atoms with Crippen molar-refractivity contribution in [1.29, 1.82) is 0 Å². The van der Waals surface area contributed by atoms with Crippen LogP contribution in [0.2, 0.25) is 0 Å². The second-order valence-electron chi connectivity index (χ2n) is 6.46. The molecule has 0 spiro atoms. The lowest BCUT2D eigenvalue weighted by Crippen LogP contribution is -2.42. The van der Waals surface area contributed by atoms with Crippen LogP contribution in [0.25, 0.3) is 0 Å². The highest BCUT2D eigenvalue weighted by atomic mass is 32.1. The summed E-state index contributed by atoms with van der Waals surface area (Å²) in [6.45, 7) is 10.6. The maximum Gasteiger partial charge on any atom is 0.306 e. The Morgan fingerprint density at radius 2 is 2.09 bits per heavy atom. The molecule has 1 aromatic rings. The molecule has 0 aromatic carbocycles. The molecule has 0 saturated carbocycles. The Morgan fingerprint density at radius 3 is 2.70 bits per heavy atom. The molecule has 0 aliphatic rings. The quantitative estimate of drug-likeness (QED) is 0.658. The summed E-state index contributed by atoms with van der Waals surface area (Å²) in [6.07, 6.45) is -0.423. The first-order valence-corrected chi connectivity index (χ1v) is 8.50. The van der Waals surface area contributed by atoms with Gasteiger partial charge in [0.15, 0.2) is 0 Å². The summed E-state index contributed by atoms with van der Waals surface area (Å²) in [5.41, 5.74) is 0.557. The molecule has 0 saturated heterocycles. The fraction of sp³-hybridized carbons (Fsp3) is 0.800. The summed E-state index contributed by atoms with van der Waals surface area (Å²) >= 11 is 1.03. The standard InChI is InChI=1S/C15H27N3O4S/c1-6-21-12(20)7-10(2)13-14(18-23-17-13)22-9-11(19)8-16-15(3,4)5/h10-11,16,19H,6-9H2,1-5H3. The van der Waals surface area contributed by atoms with Gasteiger partial charge < -0.3 is 19.9 Å². The Morgan fingerprint density at radius 1 is 1.39 bits per heavy atom. The van der Waals surface area contributed by atoms with Crippen molar-refractivity contribution in [2.45, 2.75) is 58.6 Å². The highest BCUT2D eigenvalue weighted by molar-refractivity contribution is 6.99. The third kappa shape index (κ3) is 7.71. The van der Waals surface area contributed by atoms with Gasteiger partial charge >= 0.3 is 5.97 Å². The monoisotopic (exact) mass is 345 g/mol. The number of nitrogens with zero attached hydrogens (tertiary/aromatic N) is 2. The molecule has 0 aliphatic heterocycles. The molecular formula is C15H27N3O4S. The molecule has 8 heteroatoms. The minimum absolute atomic E-state index is 0.0670. The van der Waals surface area contributed by atoms with Crippen LogP contribution < -0.4 is 10.1 Å². The molecule has 1 heterocycles. The van der Waals surface area contributed by atoms with E-state index in [2.05, 4.69) is 14.1 Å². The van der Waals surface area contributed by atoms with Gasteiger partial charge in [0.2, 0.25) is 5.88 Å². The maximum atomic E-state index is 11.5. The number of esters is 1. The van der Waals surface area contributed by atoms with Crippen molar-refractivity contribution in [2.75, 3.05) is 19.8 Å². The molecule has 0 fully saturated rings. The number of aromatic nitrogens is 2. The Kier molecular flexibility index (Phi) is 7.87. The van der Waals surface area contributed by atoms with Gasteiger partial charge in [0.25, 0.3) is 0 Å². The van der Waals surface area contributed by atoms with Crippen LogP contribution in [0.15, 0.2) is 0 Å². The van der Waals surface area contributed by atoms with Crippen molar-refractivity contribution in [3.05, 3.63) is 5.69 Å². The van der Waals surface area contributed by atoms with Crippen molar-refractivity contribution < 1.29 is 19.4 Å². The molecule has 0 bridgehead atoms. The second-order valence-corrected chi connectivity index (χ2v) is 6.99. The zero-order chi connectivity index (χ0) is 17.5. The van der Waals surface area contributed by atoms with E-state index in [4.69, 9.17) is 9.47 Å². The minimum Gasteiger partial charge on any atom is -0.473 e. The highest BCUT2D eigenvalue weighted by Crippen LogP contribution is 2.27. The van der Waals surface area contributed by atoms with Crippen molar-refractivity contribution in [3.8, 4) is 5.88 Å². The summed E-state index contributed by atoms with van der Waals surface area (Å²) in [5, 5.41) is 13.2. The van der Waals surface area contributed by atoms with Crippen molar-refractivity contribution >= 4 is 17.7 Å². The first-order chi connectivity index (χ1) is 10.7. The zero-order valence-corrected chi connectivity index (χ0v) is 15.3. The Bertz CT molecular complexity index is 487. The van der Waals surface area contributed by atoms with Crippen LogP contribution >= 0.6 is 11.7 Å². The number of nitrogens with one attached hydrogen (secondary N) is 1. The zero-order valence-electron chi connectivity index (χ0n) is 14.5. The molecule has 7 nitrogen and oxygen atoms in total. The summed E-state index contributed by atoms with van der Waals surface area (Å²) in [4.78, 5) is 11.5. The summed E-state index contributed by atoms with van der Waals surface area (Å²) in [7, 11) is 0. The van der Waals surface area contributed by atoms with E-state index in [0.717, 1.165) is 11.7 Å². The Hall–Kier alpha value is -1.25. The molecule has 0 amide bonds. The normalized spacial score (nSPS) is 14.3. The van der Waals surface area contributed by atoms with Crippen molar-refractivity contribution in [1.82, 2.24) is 14.1 Å². The number of carbonyl (C=O) groups excluding carboxylic acids is 1. The van der Waals surface area contributed by atoms with Crippen molar-refractivity contribution in [3.63, 3.8) is 0 Å². The lowest BCUT2D eigenvalue weighted by molar-refractivity contribution is -0.143. The van der Waals surface area contributed by atoms with Crippen LogP contribution in [0, 0.1) is 0 Å². The van der Waals surface area contributed by atoms with Crippen LogP contribution in [0.3, 0.4) is 0 Å².